The molecule has 0 unspecified atom stereocenters. The Bertz CT molecular complexity index is 1160. The Morgan fingerprint density at radius 1 is 1.19 bits per heavy atom. The molecule has 10 nitrogen and oxygen atoms in total. The molecule has 1 aliphatic carbocycles. The van der Waals surface area contributed by atoms with Crippen molar-refractivity contribution in [3.05, 3.63) is 52.6 Å². The monoisotopic (exact) mass is 514 g/mol. The zero-order chi connectivity index (χ0) is 25.3. The number of amides is 3. The molecule has 0 spiro atoms. The van der Waals surface area contributed by atoms with E-state index in [2.05, 4.69) is 20.5 Å². The first-order valence-electron chi connectivity index (χ1n) is 12.4. The van der Waals surface area contributed by atoms with E-state index in [0.29, 0.717) is 31.3 Å². The van der Waals surface area contributed by atoms with Crippen LogP contribution in [0, 0.1) is 0 Å². The number of carbonyl (C=O) groups is 3. The molecule has 2 fully saturated rings. The van der Waals surface area contributed by atoms with E-state index in [4.69, 9.17) is 16.3 Å². The lowest BCUT2D eigenvalue weighted by atomic mass is 9.93. The molecule has 1 aromatic heterocycles. The van der Waals surface area contributed by atoms with E-state index < -0.39 is 5.54 Å². The molecule has 2 aromatic rings. The minimum Gasteiger partial charge on any atom is -0.379 e. The third kappa shape index (κ3) is 4.85. The maximum atomic E-state index is 13.7. The van der Waals surface area contributed by atoms with Gasteiger partial charge in [-0.3, -0.25) is 19.3 Å². The lowest BCUT2D eigenvalue weighted by Crippen LogP contribution is -2.64. The quantitative estimate of drug-likeness (QED) is 0.549. The van der Waals surface area contributed by atoms with Gasteiger partial charge in [0.05, 0.1) is 26.1 Å². The molecule has 36 heavy (non-hydrogen) atoms. The first-order valence-corrected chi connectivity index (χ1v) is 12.7. The highest BCUT2D eigenvalue weighted by Gasteiger charge is 2.53. The van der Waals surface area contributed by atoms with E-state index in [1.54, 1.807) is 22.5 Å². The average Bonchev–Trinajstić information content (AvgIpc) is 3.61. The Morgan fingerprint density at radius 3 is 2.67 bits per heavy atom. The summed E-state index contributed by atoms with van der Waals surface area (Å²) in [7, 11) is 0. The fourth-order valence-corrected chi connectivity index (χ4v) is 5.17. The number of aromatic nitrogens is 2. The number of imidazole rings is 1. The summed E-state index contributed by atoms with van der Waals surface area (Å²) in [5.74, 6) is -0.985. The van der Waals surface area contributed by atoms with Gasteiger partial charge in [0.2, 0.25) is 5.91 Å². The number of morpholine rings is 1. The lowest BCUT2D eigenvalue weighted by molar-refractivity contribution is -0.133. The van der Waals surface area contributed by atoms with Gasteiger partial charge in [-0.15, -0.1) is 0 Å². The second-order valence-corrected chi connectivity index (χ2v) is 10.1. The van der Waals surface area contributed by atoms with Crippen molar-refractivity contribution in [1.82, 2.24) is 30.0 Å². The summed E-state index contributed by atoms with van der Waals surface area (Å²) in [6, 6.07) is 7.29. The normalized spacial score (nSPS) is 22.3. The molecular weight excluding hydrogens is 484 g/mol. The van der Waals surface area contributed by atoms with E-state index in [-0.39, 0.29) is 48.2 Å². The SMILES string of the molecule is C[C@@]1(C(=O)NCc2ccccc2Cl)Cn2cnc(C(=O)NCCN3CCOCC3)c2C(=O)N1C1CC1. The molecule has 3 aliphatic rings. The fourth-order valence-electron chi connectivity index (χ4n) is 4.97. The maximum absolute atomic E-state index is 13.7. The van der Waals surface area contributed by atoms with Crippen LogP contribution in [0.1, 0.15) is 46.3 Å². The van der Waals surface area contributed by atoms with Gasteiger partial charge in [0.25, 0.3) is 11.8 Å². The number of ether oxygens (including phenoxy) is 1. The molecule has 1 atom stereocenters. The van der Waals surface area contributed by atoms with Gasteiger partial charge in [-0.05, 0) is 31.4 Å². The van der Waals surface area contributed by atoms with Crippen molar-refractivity contribution in [1.29, 1.82) is 0 Å². The number of halogens is 1. The third-order valence-corrected chi connectivity index (χ3v) is 7.47. The zero-order valence-electron chi connectivity index (χ0n) is 20.3. The summed E-state index contributed by atoms with van der Waals surface area (Å²) in [5, 5.41) is 6.42. The van der Waals surface area contributed by atoms with Crippen LogP contribution in [0.25, 0.3) is 0 Å². The maximum Gasteiger partial charge on any atom is 0.274 e. The largest absolute Gasteiger partial charge is 0.379 e. The van der Waals surface area contributed by atoms with Gasteiger partial charge in [-0.25, -0.2) is 4.98 Å². The molecule has 1 saturated heterocycles. The summed E-state index contributed by atoms with van der Waals surface area (Å²) >= 11 is 6.25. The Labute approximate surface area is 214 Å². The molecule has 1 aromatic carbocycles. The lowest BCUT2D eigenvalue weighted by Gasteiger charge is -2.44. The van der Waals surface area contributed by atoms with E-state index in [9.17, 15) is 14.4 Å². The van der Waals surface area contributed by atoms with Crippen molar-refractivity contribution in [2.45, 2.75) is 44.4 Å². The minimum atomic E-state index is -1.11. The standard InChI is InChI=1S/C25H31ClN6O4/c1-25(24(35)28-14-17-4-2-3-5-19(17)26)15-31-16-29-20(21(31)23(34)32(25)18-6-7-18)22(33)27-8-9-30-10-12-36-13-11-30/h2-5,16,18H,6-15H2,1H3,(H,27,33)(H,28,35)/t25-/m0/s1. The summed E-state index contributed by atoms with van der Waals surface area (Å²) in [6.45, 7) is 6.46. The van der Waals surface area contributed by atoms with Crippen LogP contribution in [0.2, 0.25) is 5.02 Å². The summed E-state index contributed by atoms with van der Waals surface area (Å²) < 4.78 is 6.98. The van der Waals surface area contributed by atoms with Gasteiger partial charge in [0.1, 0.15) is 11.2 Å². The second-order valence-electron chi connectivity index (χ2n) is 9.73. The van der Waals surface area contributed by atoms with Crippen molar-refractivity contribution in [2.24, 2.45) is 0 Å². The molecule has 0 radical (unpaired) electrons. The number of hydrogen-bond acceptors (Lipinski definition) is 6. The molecular formula is C25H31ClN6O4. The highest BCUT2D eigenvalue weighted by molar-refractivity contribution is 6.31. The van der Waals surface area contributed by atoms with Gasteiger partial charge in [-0.2, -0.15) is 0 Å². The van der Waals surface area contributed by atoms with Crippen LogP contribution in [0.4, 0.5) is 0 Å². The van der Waals surface area contributed by atoms with Crippen LogP contribution < -0.4 is 10.6 Å². The number of nitrogens with one attached hydrogen (secondary N) is 2. The molecule has 3 heterocycles. The first kappa shape index (κ1) is 24.7. The predicted octanol–water partition coefficient (Wildman–Crippen LogP) is 1.29. The van der Waals surface area contributed by atoms with Gasteiger partial charge in [0.15, 0.2) is 5.69 Å². The van der Waals surface area contributed by atoms with E-state index >= 15 is 0 Å². The number of carbonyl (C=O) groups excluding carboxylic acids is 3. The van der Waals surface area contributed by atoms with Gasteiger partial charge in [0, 0.05) is 43.8 Å². The molecule has 0 bridgehead atoms. The summed E-state index contributed by atoms with van der Waals surface area (Å²) in [4.78, 5) is 48.3. The molecule has 3 amide bonds. The smallest absolute Gasteiger partial charge is 0.274 e. The first-order chi connectivity index (χ1) is 17.4. The van der Waals surface area contributed by atoms with E-state index in [1.807, 2.05) is 18.2 Å². The van der Waals surface area contributed by atoms with Crippen LogP contribution in [0.5, 0.6) is 0 Å². The van der Waals surface area contributed by atoms with Crippen molar-refractivity contribution in [3.8, 4) is 0 Å². The van der Waals surface area contributed by atoms with E-state index in [1.165, 1.54) is 6.33 Å². The molecule has 2 N–H and O–H groups in total. The van der Waals surface area contributed by atoms with Crippen LogP contribution in [0.15, 0.2) is 30.6 Å². The van der Waals surface area contributed by atoms with Gasteiger partial charge in [-0.1, -0.05) is 29.8 Å². The molecule has 5 rings (SSSR count). The fraction of sp³-hybridized carbons (Fsp3) is 0.520. The van der Waals surface area contributed by atoms with Gasteiger partial charge < -0.3 is 24.8 Å². The highest BCUT2D eigenvalue weighted by Crippen LogP contribution is 2.38. The van der Waals surface area contributed by atoms with Crippen molar-refractivity contribution >= 4 is 29.3 Å². The van der Waals surface area contributed by atoms with Crippen LogP contribution >= 0.6 is 11.6 Å². The van der Waals surface area contributed by atoms with Crippen LogP contribution in [0.3, 0.4) is 0 Å². The van der Waals surface area contributed by atoms with Crippen LogP contribution in [-0.4, -0.2) is 88.0 Å². The van der Waals surface area contributed by atoms with E-state index in [0.717, 1.165) is 31.5 Å². The van der Waals surface area contributed by atoms with Crippen molar-refractivity contribution < 1.29 is 19.1 Å². The van der Waals surface area contributed by atoms with Crippen LogP contribution in [-0.2, 0) is 22.6 Å². The summed E-state index contributed by atoms with van der Waals surface area (Å²) in [5.41, 5.74) is 0.0287. The number of nitrogens with zero attached hydrogens (tertiary/aromatic N) is 4. The number of rotatable bonds is 8. The number of hydrogen-bond donors (Lipinski definition) is 2. The number of fused-ring (bicyclic) bond motifs is 1. The summed E-state index contributed by atoms with van der Waals surface area (Å²) in [6.07, 6.45) is 3.14. The third-order valence-electron chi connectivity index (χ3n) is 7.10. The molecule has 11 heteroatoms. The Kier molecular flexibility index (Phi) is 7.00. The molecule has 1 saturated carbocycles. The predicted molar refractivity (Wildman–Crippen MR) is 133 cm³/mol. The topological polar surface area (TPSA) is 109 Å². The Balaban J connectivity index is 1.30. The van der Waals surface area contributed by atoms with Crippen molar-refractivity contribution in [3.63, 3.8) is 0 Å². The second kappa shape index (κ2) is 10.2. The zero-order valence-corrected chi connectivity index (χ0v) is 21.1. The molecule has 192 valence electrons. The van der Waals surface area contributed by atoms with Gasteiger partial charge >= 0.3 is 0 Å². The van der Waals surface area contributed by atoms with Crippen molar-refractivity contribution in [2.75, 3.05) is 39.4 Å². The Morgan fingerprint density at radius 2 is 1.94 bits per heavy atom. The highest BCUT2D eigenvalue weighted by atomic mass is 35.5. The molecule has 2 aliphatic heterocycles. The minimum absolute atomic E-state index is 0.0329. The Hall–Kier alpha value is -2.95. The number of benzene rings is 1. The average molecular weight is 515 g/mol.